The fourth-order valence-corrected chi connectivity index (χ4v) is 4.74. The zero-order valence-electron chi connectivity index (χ0n) is 15.0. The van der Waals surface area contributed by atoms with E-state index in [9.17, 15) is 14.7 Å². The number of aromatic nitrogens is 1. The Labute approximate surface area is 170 Å². The molecule has 3 heterocycles. The van der Waals surface area contributed by atoms with Gasteiger partial charge in [-0.1, -0.05) is 36.0 Å². The molecule has 1 aromatic heterocycles. The van der Waals surface area contributed by atoms with Crippen LogP contribution in [-0.4, -0.2) is 27.3 Å². The minimum Gasteiger partial charge on any atom is -0.480 e. The lowest BCUT2D eigenvalue weighted by Crippen LogP contribution is -2.47. The number of urea groups is 1. The van der Waals surface area contributed by atoms with Gasteiger partial charge in [0.2, 0.25) is 0 Å². The van der Waals surface area contributed by atoms with Crippen LogP contribution in [0.25, 0.3) is 0 Å². The minimum atomic E-state index is -0.976. The van der Waals surface area contributed by atoms with Gasteiger partial charge in [-0.15, -0.1) is 0 Å². The van der Waals surface area contributed by atoms with Crippen LogP contribution in [0.4, 0.5) is 16.2 Å². The van der Waals surface area contributed by atoms with Crippen molar-refractivity contribution >= 4 is 35.1 Å². The van der Waals surface area contributed by atoms with Crippen LogP contribution in [0.1, 0.15) is 11.6 Å². The lowest BCUT2D eigenvalue weighted by molar-refractivity contribution is -0.136. The number of carboxylic acids is 1. The Balaban J connectivity index is 1.54. The summed E-state index contributed by atoms with van der Waals surface area (Å²) in [6.45, 7) is 0. The zero-order chi connectivity index (χ0) is 20.0. The summed E-state index contributed by atoms with van der Waals surface area (Å²) in [7, 11) is 0. The largest absolute Gasteiger partial charge is 0.480 e. The average Bonchev–Trinajstić information content (AvgIpc) is 3.09. The predicted molar refractivity (Wildman–Crippen MR) is 108 cm³/mol. The third-order valence-corrected chi connectivity index (χ3v) is 6.08. The number of thioether (sulfide) groups is 1. The van der Waals surface area contributed by atoms with Gasteiger partial charge in [0.25, 0.3) is 0 Å². The van der Waals surface area contributed by atoms with E-state index in [4.69, 9.17) is 4.74 Å². The summed E-state index contributed by atoms with van der Waals surface area (Å²) >= 11 is 1.16. The molecule has 0 saturated heterocycles. The summed E-state index contributed by atoms with van der Waals surface area (Å²) in [4.78, 5) is 30.4. The minimum absolute atomic E-state index is 0.384. The van der Waals surface area contributed by atoms with E-state index >= 15 is 0 Å². The van der Waals surface area contributed by atoms with E-state index in [1.165, 1.54) is 4.90 Å². The van der Waals surface area contributed by atoms with Crippen molar-refractivity contribution in [3.8, 4) is 11.5 Å². The highest BCUT2D eigenvalue weighted by atomic mass is 32.2. The van der Waals surface area contributed by atoms with Gasteiger partial charge in [-0.05, 0) is 30.3 Å². The van der Waals surface area contributed by atoms with Gasteiger partial charge in [-0.3, -0.25) is 9.69 Å². The molecular weight excluding hydrogens is 390 g/mol. The molecular formula is C21H15N3O4S. The van der Waals surface area contributed by atoms with Gasteiger partial charge < -0.3 is 15.2 Å². The average molecular weight is 405 g/mol. The number of benzene rings is 2. The number of hydrogen-bond acceptors (Lipinski definition) is 5. The number of carbonyl (C=O) groups excluding carboxylic acids is 1. The maximum Gasteiger partial charge on any atom is 0.327 e. The first-order valence-corrected chi connectivity index (χ1v) is 9.82. The van der Waals surface area contributed by atoms with E-state index in [0.717, 1.165) is 17.3 Å². The second kappa shape index (κ2) is 6.82. The molecule has 8 heteroatoms. The lowest BCUT2D eigenvalue weighted by atomic mass is 10.0. The van der Waals surface area contributed by atoms with E-state index < -0.39 is 17.3 Å². The van der Waals surface area contributed by atoms with Gasteiger partial charge in [-0.25, -0.2) is 9.78 Å². The second-order valence-corrected chi connectivity index (χ2v) is 7.73. The van der Waals surface area contributed by atoms with E-state index in [0.29, 0.717) is 27.9 Å². The standard InChI is InChI=1S/C21H15N3O4S/c25-20(26)18-17-16-15(9-10-22-19(16)29-18)24(21(27)23-17)12-5-4-8-14(11-12)28-13-6-2-1-3-7-13/h1-11,17-18H,(H,23,27)(H,25,26). The number of aliphatic carboxylic acids is 1. The number of ether oxygens (including phenoxy) is 1. The van der Waals surface area contributed by atoms with Crippen LogP contribution in [0.3, 0.4) is 0 Å². The molecule has 7 nitrogen and oxygen atoms in total. The maximum absolute atomic E-state index is 12.9. The van der Waals surface area contributed by atoms with Crippen molar-refractivity contribution in [2.24, 2.45) is 0 Å². The van der Waals surface area contributed by atoms with Gasteiger partial charge in [-0.2, -0.15) is 0 Å². The van der Waals surface area contributed by atoms with Gasteiger partial charge >= 0.3 is 12.0 Å². The van der Waals surface area contributed by atoms with Crippen LogP contribution < -0.4 is 15.0 Å². The fraction of sp³-hybridized carbons (Fsp3) is 0.0952. The molecule has 5 rings (SSSR count). The Bertz CT molecular complexity index is 1120. The molecule has 0 radical (unpaired) electrons. The number of pyridine rings is 1. The van der Waals surface area contributed by atoms with Crippen LogP contribution in [0, 0.1) is 0 Å². The van der Waals surface area contributed by atoms with E-state index in [2.05, 4.69) is 10.3 Å². The first-order chi connectivity index (χ1) is 14.1. The topological polar surface area (TPSA) is 91.8 Å². The van der Waals surface area contributed by atoms with Crippen molar-refractivity contribution in [2.75, 3.05) is 4.90 Å². The Morgan fingerprint density at radius 1 is 1.10 bits per heavy atom. The summed E-state index contributed by atoms with van der Waals surface area (Å²) in [5.41, 5.74) is 1.99. The fourth-order valence-electron chi connectivity index (χ4n) is 3.58. The van der Waals surface area contributed by atoms with Crippen LogP contribution in [0.15, 0.2) is 71.9 Å². The summed E-state index contributed by atoms with van der Waals surface area (Å²) in [5.74, 6) is 0.307. The number of hydrogen-bond donors (Lipinski definition) is 2. The molecule has 0 spiro atoms. The van der Waals surface area contributed by atoms with E-state index in [1.54, 1.807) is 24.4 Å². The Hall–Kier alpha value is -3.52. The number of anilines is 2. The Kier molecular flexibility index (Phi) is 4.13. The van der Waals surface area contributed by atoms with Crippen molar-refractivity contribution in [3.63, 3.8) is 0 Å². The molecule has 2 amide bonds. The zero-order valence-corrected chi connectivity index (χ0v) is 15.8. The van der Waals surface area contributed by atoms with Crippen molar-refractivity contribution in [1.82, 2.24) is 10.3 Å². The first kappa shape index (κ1) is 17.6. The number of para-hydroxylation sites is 1. The molecule has 2 aromatic carbocycles. The smallest absolute Gasteiger partial charge is 0.327 e. The maximum atomic E-state index is 12.9. The predicted octanol–water partition coefficient (Wildman–Crippen LogP) is 4.34. The van der Waals surface area contributed by atoms with Gasteiger partial charge in [0.15, 0.2) is 0 Å². The highest BCUT2D eigenvalue weighted by molar-refractivity contribution is 8.00. The Morgan fingerprint density at radius 2 is 1.90 bits per heavy atom. The molecule has 0 bridgehead atoms. The van der Waals surface area contributed by atoms with Crippen LogP contribution in [0.5, 0.6) is 11.5 Å². The lowest BCUT2D eigenvalue weighted by Gasteiger charge is -2.33. The van der Waals surface area contributed by atoms with E-state index in [-0.39, 0.29) is 6.03 Å². The summed E-state index contributed by atoms with van der Waals surface area (Å²) in [6, 6.07) is 17.3. The molecule has 3 aromatic rings. The summed E-state index contributed by atoms with van der Waals surface area (Å²) in [5, 5.41) is 12.2. The van der Waals surface area contributed by atoms with Crippen molar-refractivity contribution < 1.29 is 19.4 Å². The van der Waals surface area contributed by atoms with Crippen LogP contribution >= 0.6 is 11.8 Å². The first-order valence-electron chi connectivity index (χ1n) is 8.94. The Morgan fingerprint density at radius 3 is 2.69 bits per heavy atom. The van der Waals surface area contributed by atoms with Gasteiger partial charge in [0, 0.05) is 17.8 Å². The van der Waals surface area contributed by atoms with E-state index in [1.807, 2.05) is 42.5 Å². The molecule has 0 aliphatic carbocycles. The van der Waals surface area contributed by atoms with Crippen molar-refractivity contribution in [1.29, 1.82) is 0 Å². The number of carbonyl (C=O) groups is 2. The van der Waals surface area contributed by atoms with Crippen molar-refractivity contribution in [3.05, 3.63) is 72.4 Å². The number of nitrogens with zero attached hydrogens (tertiary/aromatic N) is 2. The van der Waals surface area contributed by atoms with Crippen LogP contribution in [-0.2, 0) is 4.79 Å². The molecule has 2 unspecified atom stereocenters. The molecule has 0 fully saturated rings. The highest BCUT2D eigenvalue weighted by Crippen LogP contribution is 2.50. The van der Waals surface area contributed by atoms with Gasteiger partial charge in [0.1, 0.15) is 21.8 Å². The molecule has 29 heavy (non-hydrogen) atoms. The molecule has 2 N–H and O–H groups in total. The molecule has 2 aliphatic rings. The molecule has 2 aliphatic heterocycles. The number of amides is 2. The monoisotopic (exact) mass is 405 g/mol. The number of nitrogens with one attached hydrogen (secondary N) is 1. The highest BCUT2D eigenvalue weighted by Gasteiger charge is 2.46. The molecule has 0 saturated carbocycles. The number of rotatable bonds is 4. The van der Waals surface area contributed by atoms with Crippen molar-refractivity contribution in [2.45, 2.75) is 16.3 Å². The van der Waals surface area contributed by atoms with Gasteiger partial charge in [0.05, 0.1) is 17.4 Å². The van der Waals surface area contributed by atoms with Crippen LogP contribution in [0.2, 0.25) is 0 Å². The summed E-state index contributed by atoms with van der Waals surface area (Å²) in [6.07, 6.45) is 1.60. The summed E-state index contributed by atoms with van der Waals surface area (Å²) < 4.78 is 5.89. The second-order valence-electron chi connectivity index (χ2n) is 6.60. The third kappa shape index (κ3) is 2.98. The number of carboxylic acid groups (broad SMARTS) is 1. The third-order valence-electron chi connectivity index (χ3n) is 4.80. The normalized spacial score (nSPS) is 19.4. The quantitative estimate of drug-likeness (QED) is 0.671. The molecule has 2 atom stereocenters. The SMILES string of the molecule is O=C(O)C1Sc2nccc3c2C1NC(=O)N3c1cccc(Oc2ccccc2)c1. The molecule has 144 valence electrons.